The van der Waals surface area contributed by atoms with Crippen molar-refractivity contribution in [3.8, 4) is 0 Å². The highest BCUT2D eigenvalue weighted by Gasteiger charge is 2.07. The number of carbonyl (C=O) groups excluding carboxylic acids is 1. The minimum absolute atomic E-state index is 0.0153. The summed E-state index contributed by atoms with van der Waals surface area (Å²) >= 11 is 0. The number of hydrogen-bond acceptors (Lipinski definition) is 4. The van der Waals surface area contributed by atoms with E-state index in [0.717, 1.165) is 0 Å². The highest BCUT2D eigenvalue weighted by Crippen LogP contribution is 1.95. The molecule has 0 aromatic carbocycles. The van der Waals surface area contributed by atoms with Gasteiger partial charge in [0.1, 0.15) is 0 Å². The number of carboxylic acids is 1. The zero-order valence-electron chi connectivity index (χ0n) is 8.88. The van der Waals surface area contributed by atoms with Gasteiger partial charge >= 0.3 is 5.97 Å². The van der Waals surface area contributed by atoms with Crippen LogP contribution in [0.15, 0.2) is 12.5 Å². The van der Waals surface area contributed by atoms with Gasteiger partial charge in [0.2, 0.25) is 5.91 Å². The summed E-state index contributed by atoms with van der Waals surface area (Å²) in [5.74, 6) is -1.31. The van der Waals surface area contributed by atoms with E-state index in [-0.39, 0.29) is 11.6 Å². The molecule has 0 aliphatic carbocycles. The van der Waals surface area contributed by atoms with Gasteiger partial charge in [-0.3, -0.25) is 4.79 Å². The van der Waals surface area contributed by atoms with Crippen molar-refractivity contribution >= 4 is 11.9 Å². The average Bonchev–Trinajstić information content (AvgIpc) is 2.66. The number of rotatable bonds is 5. The van der Waals surface area contributed by atoms with Crippen LogP contribution in [0.5, 0.6) is 0 Å². The zero-order valence-corrected chi connectivity index (χ0v) is 8.88. The summed E-state index contributed by atoms with van der Waals surface area (Å²) in [5, 5.41) is 11.2. The first kappa shape index (κ1) is 12.2. The predicted molar refractivity (Wildman–Crippen MR) is 55.8 cm³/mol. The van der Waals surface area contributed by atoms with Crippen LogP contribution in [0.25, 0.3) is 0 Å². The van der Waals surface area contributed by atoms with Crippen molar-refractivity contribution in [2.24, 2.45) is 5.73 Å². The monoisotopic (exact) mass is 226 g/mol. The maximum absolute atomic E-state index is 11.1. The van der Waals surface area contributed by atoms with Crippen LogP contribution >= 0.6 is 0 Å². The number of aromatic carboxylic acids is 1. The molecule has 0 unspecified atom stereocenters. The van der Waals surface area contributed by atoms with Gasteiger partial charge in [-0.15, -0.1) is 0 Å². The Kier molecular flexibility index (Phi) is 4.01. The molecule has 7 heteroatoms. The summed E-state index contributed by atoms with van der Waals surface area (Å²) in [4.78, 5) is 25.3. The van der Waals surface area contributed by atoms with Gasteiger partial charge in [-0.25, -0.2) is 9.78 Å². The molecule has 0 bridgehead atoms. The molecule has 1 amide bonds. The van der Waals surface area contributed by atoms with E-state index in [1.807, 2.05) is 0 Å². The van der Waals surface area contributed by atoms with Gasteiger partial charge in [-0.05, 0) is 6.92 Å². The summed E-state index contributed by atoms with van der Waals surface area (Å²) < 4.78 is 1.59. The SMILES string of the molecule is C[C@@H](N)C(=O)NCCn1cnc(C(=O)O)c1. The summed E-state index contributed by atoms with van der Waals surface area (Å²) in [6, 6.07) is -0.544. The lowest BCUT2D eigenvalue weighted by Crippen LogP contribution is -2.39. The zero-order chi connectivity index (χ0) is 12.1. The summed E-state index contributed by atoms with van der Waals surface area (Å²) in [6.45, 7) is 2.43. The van der Waals surface area contributed by atoms with Crippen molar-refractivity contribution in [1.29, 1.82) is 0 Å². The first-order chi connectivity index (χ1) is 7.50. The van der Waals surface area contributed by atoms with E-state index in [2.05, 4.69) is 10.3 Å². The Balaban J connectivity index is 2.37. The third-order valence-corrected chi connectivity index (χ3v) is 1.94. The Morgan fingerprint density at radius 3 is 2.88 bits per heavy atom. The first-order valence-electron chi connectivity index (χ1n) is 4.79. The molecule has 0 aliphatic heterocycles. The minimum atomic E-state index is -1.07. The number of amides is 1. The lowest BCUT2D eigenvalue weighted by atomic mass is 10.3. The number of carbonyl (C=O) groups is 2. The fraction of sp³-hybridized carbons (Fsp3) is 0.444. The fourth-order valence-electron chi connectivity index (χ4n) is 1.06. The van der Waals surface area contributed by atoms with E-state index in [0.29, 0.717) is 13.1 Å². The molecule has 1 rings (SSSR count). The molecule has 0 radical (unpaired) electrons. The Hall–Kier alpha value is -1.89. The second-order valence-electron chi connectivity index (χ2n) is 3.38. The van der Waals surface area contributed by atoms with Gasteiger partial charge in [0.05, 0.1) is 12.4 Å². The summed E-state index contributed by atoms with van der Waals surface area (Å²) in [6.07, 6.45) is 2.81. The third-order valence-electron chi connectivity index (χ3n) is 1.94. The standard InChI is InChI=1S/C9H14N4O3/c1-6(10)8(14)11-2-3-13-4-7(9(15)16)12-5-13/h4-6H,2-3,10H2,1H3,(H,11,14)(H,15,16)/t6-/m1/s1. The van der Waals surface area contributed by atoms with Crippen molar-refractivity contribution in [2.45, 2.75) is 19.5 Å². The second kappa shape index (κ2) is 5.26. The molecule has 1 aromatic heterocycles. The average molecular weight is 226 g/mol. The summed E-state index contributed by atoms with van der Waals surface area (Å²) in [5.41, 5.74) is 5.34. The molecular weight excluding hydrogens is 212 g/mol. The fourth-order valence-corrected chi connectivity index (χ4v) is 1.06. The molecule has 0 saturated heterocycles. The molecule has 7 nitrogen and oxygen atoms in total. The van der Waals surface area contributed by atoms with Crippen molar-refractivity contribution in [2.75, 3.05) is 6.54 Å². The van der Waals surface area contributed by atoms with E-state index in [9.17, 15) is 9.59 Å². The molecule has 1 atom stereocenters. The van der Waals surface area contributed by atoms with Crippen LogP contribution in [-0.2, 0) is 11.3 Å². The molecule has 1 aromatic rings. The number of carboxylic acid groups (broad SMARTS) is 1. The molecule has 16 heavy (non-hydrogen) atoms. The number of aromatic nitrogens is 2. The van der Waals surface area contributed by atoms with Crippen molar-refractivity contribution in [3.63, 3.8) is 0 Å². The normalized spacial score (nSPS) is 12.1. The number of nitrogens with zero attached hydrogens (tertiary/aromatic N) is 2. The maximum atomic E-state index is 11.1. The molecule has 4 N–H and O–H groups in total. The number of hydrogen-bond donors (Lipinski definition) is 3. The Labute approximate surface area is 92.3 Å². The second-order valence-corrected chi connectivity index (χ2v) is 3.38. The van der Waals surface area contributed by atoms with E-state index in [1.165, 1.54) is 12.5 Å². The predicted octanol–water partition coefficient (Wildman–Crippen LogP) is -0.955. The van der Waals surface area contributed by atoms with Gasteiger partial charge in [-0.1, -0.05) is 0 Å². The smallest absolute Gasteiger partial charge is 0.356 e. The van der Waals surface area contributed by atoms with Crippen LogP contribution in [0.3, 0.4) is 0 Å². The Bertz CT molecular complexity index is 386. The Morgan fingerprint density at radius 2 is 2.38 bits per heavy atom. The minimum Gasteiger partial charge on any atom is -0.476 e. The van der Waals surface area contributed by atoms with E-state index in [1.54, 1.807) is 11.5 Å². The van der Waals surface area contributed by atoms with Crippen LogP contribution in [0.4, 0.5) is 0 Å². The number of imidazole rings is 1. The lowest BCUT2D eigenvalue weighted by molar-refractivity contribution is -0.122. The Morgan fingerprint density at radius 1 is 1.69 bits per heavy atom. The molecule has 88 valence electrons. The summed E-state index contributed by atoms with van der Waals surface area (Å²) in [7, 11) is 0. The van der Waals surface area contributed by atoms with Crippen LogP contribution in [-0.4, -0.2) is 39.1 Å². The van der Waals surface area contributed by atoms with Crippen LogP contribution < -0.4 is 11.1 Å². The van der Waals surface area contributed by atoms with Crippen molar-refractivity contribution in [3.05, 3.63) is 18.2 Å². The number of nitrogens with two attached hydrogens (primary N) is 1. The van der Waals surface area contributed by atoms with Crippen LogP contribution in [0.2, 0.25) is 0 Å². The van der Waals surface area contributed by atoms with Gasteiger partial charge in [-0.2, -0.15) is 0 Å². The molecular formula is C9H14N4O3. The van der Waals surface area contributed by atoms with Crippen LogP contribution in [0, 0.1) is 0 Å². The van der Waals surface area contributed by atoms with Gasteiger partial charge < -0.3 is 20.7 Å². The van der Waals surface area contributed by atoms with E-state index >= 15 is 0 Å². The molecule has 0 saturated carbocycles. The highest BCUT2D eigenvalue weighted by molar-refractivity contribution is 5.84. The van der Waals surface area contributed by atoms with Crippen molar-refractivity contribution < 1.29 is 14.7 Å². The molecule has 0 fully saturated rings. The van der Waals surface area contributed by atoms with Gasteiger partial charge in [0, 0.05) is 19.3 Å². The molecule has 0 aliphatic rings. The maximum Gasteiger partial charge on any atom is 0.356 e. The topological polar surface area (TPSA) is 110 Å². The third kappa shape index (κ3) is 3.35. The van der Waals surface area contributed by atoms with E-state index < -0.39 is 12.0 Å². The highest BCUT2D eigenvalue weighted by atomic mass is 16.4. The van der Waals surface area contributed by atoms with Gasteiger partial charge in [0.15, 0.2) is 5.69 Å². The molecule has 1 heterocycles. The molecule has 0 spiro atoms. The van der Waals surface area contributed by atoms with Crippen molar-refractivity contribution in [1.82, 2.24) is 14.9 Å². The largest absolute Gasteiger partial charge is 0.476 e. The lowest BCUT2D eigenvalue weighted by Gasteiger charge is -2.07. The van der Waals surface area contributed by atoms with Crippen LogP contribution in [0.1, 0.15) is 17.4 Å². The number of nitrogens with one attached hydrogen (secondary N) is 1. The quantitative estimate of drug-likeness (QED) is 0.599. The van der Waals surface area contributed by atoms with Gasteiger partial charge in [0.25, 0.3) is 0 Å². The first-order valence-corrected chi connectivity index (χ1v) is 4.79. The van der Waals surface area contributed by atoms with E-state index in [4.69, 9.17) is 10.8 Å².